The second-order valence-electron chi connectivity index (χ2n) is 17.6. The Labute approximate surface area is 388 Å². The van der Waals surface area contributed by atoms with E-state index < -0.39 is 66.5 Å². The summed E-state index contributed by atoms with van der Waals surface area (Å²) < 4.78 is 40.0. The zero-order chi connectivity index (χ0) is 47.0. The standard InChI is InChI=1S/C52H90O12/c1-7-9-11-13-15-17-19-21-23-25-27-29-31-33-35-37-48(56)59-39-46(63-49(57)38-36-34-32-30-28-26-24-22-20-18-16-14-12-10-8-2)40-60-52-51(62-45(6)55)50(61-44(5)54)42(3)47(64-52)41-58-43(4)53/h21-24,42,46-47,50-52H,7-20,25-41H2,1-6H3/b23-21-,24-22-/t42-,46+,47+,50-,51+,52+/m0/s1. The third-order valence-electron chi connectivity index (χ3n) is 11.5. The van der Waals surface area contributed by atoms with E-state index in [9.17, 15) is 24.0 Å². The summed E-state index contributed by atoms with van der Waals surface area (Å²) in [7, 11) is 0. The summed E-state index contributed by atoms with van der Waals surface area (Å²) in [6.07, 6.45) is 34.4. The van der Waals surface area contributed by atoms with Gasteiger partial charge in [0.25, 0.3) is 0 Å². The lowest BCUT2D eigenvalue weighted by atomic mass is 9.90. The predicted molar refractivity (Wildman–Crippen MR) is 251 cm³/mol. The van der Waals surface area contributed by atoms with Crippen LogP contribution in [0.15, 0.2) is 24.3 Å². The lowest BCUT2D eigenvalue weighted by molar-refractivity contribution is -0.299. The minimum atomic E-state index is -1.29. The summed E-state index contributed by atoms with van der Waals surface area (Å²) in [5, 5.41) is 0. The Kier molecular flexibility index (Phi) is 36.8. The summed E-state index contributed by atoms with van der Waals surface area (Å²) in [5.41, 5.74) is 0. The Morgan fingerprint density at radius 2 is 0.922 bits per heavy atom. The number of ether oxygens (including phenoxy) is 7. The topological polar surface area (TPSA) is 150 Å². The van der Waals surface area contributed by atoms with Crippen molar-refractivity contribution in [2.45, 2.75) is 252 Å². The van der Waals surface area contributed by atoms with Gasteiger partial charge in [-0.1, -0.05) is 148 Å². The molecule has 6 atom stereocenters. The average Bonchev–Trinajstić information content (AvgIpc) is 3.25. The zero-order valence-electron chi connectivity index (χ0n) is 41.1. The van der Waals surface area contributed by atoms with E-state index in [1.54, 1.807) is 6.92 Å². The molecule has 12 heteroatoms. The average molecular weight is 907 g/mol. The van der Waals surface area contributed by atoms with E-state index in [1.807, 2.05) is 0 Å². The van der Waals surface area contributed by atoms with Gasteiger partial charge in [-0.3, -0.25) is 24.0 Å². The number of carbonyl (C=O) groups excluding carboxylic acids is 5. The van der Waals surface area contributed by atoms with Crippen molar-refractivity contribution in [3.05, 3.63) is 24.3 Å². The van der Waals surface area contributed by atoms with Crippen LogP contribution < -0.4 is 0 Å². The molecule has 64 heavy (non-hydrogen) atoms. The molecule has 0 N–H and O–H groups in total. The Morgan fingerprint density at radius 3 is 1.38 bits per heavy atom. The highest BCUT2D eigenvalue weighted by Crippen LogP contribution is 2.32. The largest absolute Gasteiger partial charge is 0.463 e. The van der Waals surface area contributed by atoms with Crippen LogP contribution in [-0.4, -0.2) is 80.4 Å². The van der Waals surface area contributed by atoms with E-state index in [1.165, 1.54) is 97.8 Å². The van der Waals surface area contributed by atoms with Gasteiger partial charge in [0.1, 0.15) is 25.4 Å². The molecule has 1 aliphatic heterocycles. The summed E-state index contributed by atoms with van der Waals surface area (Å²) in [4.78, 5) is 61.9. The van der Waals surface area contributed by atoms with Crippen LogP contribution in [0.3, 0.4) is 0 Å². The van der Waals surface area contributed by atoms with E-state index in [2.05, 4.69) is 38.2 Å². The summed E-state index contributed by atoms with van der Waals surface area (Å²) in [6, 6.07) is 0. The molecule has 1 fully saturated rings. The number of hydrogen-bond acceptors (Lipinski definition) is 12. The van der Waals surface area contributed by atoms with Crippen molar-refractivity contribution in [2.75, 3.05) is 19.8 Å². The van der Waals surface area contributed by atoms with Crippen molar-refractivity contribution in [3.63, 3.8) is 0 Å². The van der Waals surface area contributed by atoms with Gasteiger partial charge in [0.2, 0.25) is 0 Å². The quantitative estimate of drug-likeness (QED) is 0.0249. The Morgan fingerprint density at radius 1 is 0.500 bits per heavy atom. The van der Waals surface area contributed by atoms with Crippen LogP contribution in [0.5, 0.6) is 0 Å². The number of carbonyl (C=O) groups is 5. The molecule has 0 unspecified atom stereocenters. The van der Waals surface area contributed by atoms with Crippen LogP contribution in [0.1, 0.15) is 221 Å². The molecule has 0 aromatic heterocycles. The number of hydrogen-bond donors (Lipinski definition) is 0. The zero-order valence-corrected chi connectivity index (χ0v) is 41.1. The van der Waals surface area contributed by atoms with E-state index in [-0.39, 0.29) is 32.7 Å². The molecule has 0 amide bonds. The first kappa shape index (κ1) is 58.8. The number of esters is 5. The summed E-state index contributed by atoms with van der Waals surface area (Å²) in [6.45, 7) is 9.25. The first-order valence-electron chi connectivity index (χ1n) is 25.4. The smallest absolute Gasteiger partial charge is 0.306 e. The molecule has 0 aromatic carbocycles. The third kappa shape index (κ3) is 32.4. The van der Waals surface area contributed by atoms with Crippen molar-refractivity contribution in [1.29, 1.82) is 0 Å². The van der Waals surface area contributed by atoms with Crippen molar-refractivity contribution in [2.24, 2.45) is 5.92 Å². The Bertz CT molecular complexity index is 1280. The highest BCUT2D eigenvalue weighted by atomic mass is 16.7. The number of allylic oxidation sites excluding steroid dienone is 4. The van der Waals surface area contributed by atoms with Gasteiger partial charge in [0, 0.05) is 39.5 Å². The van der Waals surface area contributed by atoms with E-state index in [4.69, 9.17) is 33.2 Å². The second-order valence-corrected chi connectivity index (χ2v) is 17.6. The third-order valence-corrected chi connectivity index (χ3v) is 11.5. The number of unbranched alkanes of at least 4 members (excludes halogenated alkanes) is 22. The Balaban J connectivity index is 2.70. The van der Waals surface area contributed by atoms with Crippen LogP contribution in [-0.2, 0) is 57.1 Å². The molecule has 0 spiro atoms. The maximum absolute atomic E-state index is 13.1. The molecule has 370 valence electrons. The van der Waals surface area contributed by atoms with Gasteiger partial charge >= 0.3 is 29.8 Å². The molecule has 0 aliphatic carbocycles. The Hall–Kier alpha value is -3.25. The molecule has 0 saturated carbocycles. The van der Waals surface area contributed by atoms with Gasteiger partial charge in [-0.25, -0.2) is 0 Å². The first-order chi connectivity index (χ1) is 31.0. The van der Waals surface area contributed by atoms with Crippen molar-refractivity contribution < 1.29 is 57.1 Å². The number of rotatable bonds is 40. The van der Waals surface area contributed by atoms with Crippen molar-refractivity contribution in [3.8, 4) is 0 Å². The lowest BCUT2D eigenvalue weighted by Crippen LogP contribution is -2.58. The minimum Gasteiger partial charge on any atom is -0.463 e. The fraction of sp³-hybridized carbons (Fsp3) is 0.827. The highest BCUT2D eigenvalue weighted by molar-refractivity contribution is 5.70. The normalized spacial score (nSPS) is 19.1. The van der Waals surface area contributed by atoms with Gasteiger partial charge in [-0.15, -0.1) is 0 Å². The van der Waals surface area contributed by atoms with Crippen molar-refractivity contribution in [1.82, 2.24) is 0 Å². The van der Waals surface area contributed by atoms with E-state index in [0.29, 0.717) is 12.8 Å². The molecule has 0 aromatic rings. The molecule has 12 nitrogen and oxygen atoms in total. The van der Waals surface area contributed by atoms with E-state index >= 15 is 0 Å². The van der Waals surface area contributed by atoms with Crippen LogP contribution >= 0.6 is 0 Å². The highest BCUT2D eigenvalue weighted by Gasteiger charge is 2.49. The van der Waals surface area contributed by atoms with Gasteiger partial charge in [0.15, 0.2) is 18.5 Å². The van der Waals surface area contributed by atoms with Crippen LogP contribution in [0.25, 0.3) is 0 Å². The monoisotopic (exact) mass is 907 g/mol. The summed E-state index contributed by atoms with van der Waals surface area (Å²) >= 11 is 0. The minimum absolute atomic E-state index is 0.163. The second kappa shape index (κ2) is 40.1. The lowest BCUT2D eigenvalue weighted by Gasteiger charge is -2.44. The SMILES string of the molecule is CCCCCCCC/C=C\CCCCCCCC(=O)OC[C@H](CO[C@@H]1O[C@H](COC(C)=O)[C@H](C)[C@H](OC(C)=O)[C@H]1OC(C)=O)OC(=O)CCCCCCC/C=C\CCCCCCCC. The molecule has 0 bridgehead atoms. The molecule has 1 rings (SSSR count). The fourth-order valence-corrected chi connectivity index (χ4v) is 7.75. The maximum Gasteiger partial charge on any atom is 0.306 e. The first-order valence-corrected chi connectivity index (χ1v) is 25.4. The fourth-order valence-electron chi connectivity index (χ4n) is 7.75. The van der Waals surface area contributed by atoms with Crippen LogP contribution in [0.2, 0.25) is 0 Å². The van der Waals surface area contributed by atoms with Crippen LogP contribution in [0.4, 0.5) is 0 Å². The molecule has 1 saturated heterocycles. The van der Waals surface area contributed by atoms with Gasteiger partial charge in [-0.05, 0) is 64.2 Å². The summed E-state index contributed by atoms with van der Waals surface area (Å²) in [5.74, 6) is -3.18. The molecule has 1 heterocycles. The molecule has 0 radical (unpaired) electrons. The molecule has 1 aliphatic rings. The van der Waals surface area contributed by atoms with Gasteiger partial charge in [0.05, 0.1) is 6.61 Å². The molecular formula is C52H90O12. The van der Waals surface area contributed by atoms with Crippen molar-refractivity contribution >= 4 is 29.8 Å². The maximum atomic E-state index is 13.1. The molecular weight excluding hydrogens is 817 g/mol. The van der Waals surface area contributed by atoms with Crippen LogP contribution in [0, 0.1) is 5.92 Å². The van der Waals surface area contributed by atoms with E-state index in [0.717, 1.165) is 77.0 Å². The van der Waals surface area contributed by atoms with Gasteiger partial charge < -0.3 is 33.2 Å². The van der Waals surface area contributed by atoms with Gasteiger partial charge in [-0.2, -0.15) is 0 Å². The predicted octanol–water partition coefficient (Wildman–Crippen LogP) is 12.3.